The van der Waals surface area contributed by atoms with Gasteiger partial charge in [-0.2, -0.15) is 0 Å². The van der Waals surface area contributed by atoms with Gasteiger partial charge in [0.2, 0.25) is 15.9 Å². The standard InChI is InChI=1S/C12H18N2O3S/c1-3-10(2)14-12(15)9-13-18(16,17)11-7-5-4-6-8-11/h4-8,10,13H,3,9H2,1-2H3,(H,14,15)/t10-/m1/s1. The molecule has 1 atom stereocenters. The molecule has 1 aromatic rings. The SMILES string of the molecule is CC[C@@H](C)NC(=O)CNS(=O)(=O)c1ccccc1. The zero-order valence-electron chi connectivity index (χ0n) is 10.5. The number of nitrogens with one attached hydrogen (secondary N) is 2. The van der Waals surface area contributed by atoms with E-state index in [1.807, 2.05) is 13.8 Å². The van der Waals surface area contributed by atoms with Crippen molar-refractivity contribution in [2.24, 2.45) is 0 Å². The van der Waals surface area contributed by atoms with Gasteiger partial charge < -0.3 is 5.32 Å². The van der Waals surface area contributed by atoms with Crippen LogP contribution in [0.1, 0.15) is 20.3 Å². The highest BCUT2D eigenvalue weighted by Gasteiger charge is 2.15. The van der Waals surface area contributed by atoms with Crippen LogP contribution in [0.2, 0.25) is 0 Å². The number of hydrogen-bond donors (Lipinski definition) is 2. The van der Waals surface area contributed by atoms with Crippen LogP contribution in [-0.4, -0.2) is 26.9 Å². The van der Waals surface area contributed by atoms with E-state index >= 15 is 0 Å². The molecule has 18 heavy (non-hydrogen) atoms. The predicted molar refractivity (Wildman–Crippen MR) is 69.5 cm³/mol. The highest BCUT2D eigenvalue weighted by Crippen LogP contribution is 2.06. The summed E-state index contributed by atoms with van der Waals surface area (Å²) in [5.41, 5.74) is 0. The van der Waals surface area contributed by atoms with Crippen molar-refractivity contribution in [1.29, 1.82) is 0 Å². The minimum atomic E-state index is -3.61. The molecule has 1 aromatic carbocycles. The Balaban J connectivity index is 2.56. The first-order valence-corrected chi connectivity index (χ1v) is 7.28. The molecule has 0 aliphatic rings. The molecule has 6 heteroatoms. The normalized spacial score (nSPS) is 13.0. The fourth-order valence-corrected chi connectivity index (χ4v) is 2.27. The van der Waals surface area contributed by atoms with Crippen LogP contribution in [0.25, 0.3) is 0 Å². The van der Waals surface area contributed by atoms with Crippen LogP contribution in [-0.2, 0) is 14.8 Å². The summed E-state index contributed by atoms with van der Waals surface area (Å²) in [5.74, 6) is -0.330. The monoisotopic (exact) mass is 270 g/mol. The Morgan fingerprint density at radius 2 is 1.89 bits per heavy atom. The molecule has 1 rings (SSSR count). The molecule has 0 aliphatic carbocycles. The molecule has 0 unspecified atom stereocenters. The van der Waals surface area contributed by atoms with Crippen molar-refractivity contribution in [2.45, 2.75) is 31.2 Å². The van der Waals surface area contributed by atoms with Gasteiger partial charge in [-0.1, -0.05) is 25.1 Å². The van der Waals surface area contributed by atoms with Crippen molar-refractivity contribution >= 4 is 15.9 Å². The van der Waals surface area contributed by atoms with E-state index in [0.717, 1.165) is 6.42 Å². The maximum atomic E-state index is 11.8. The van der Waals surface area contributed by atoms with Gasteiger partial charge in [-0.25, -0.2) is 13.1 Å². The molecular formula is C12H18N2O3S. The number of carbonyl (C=O) groups excluding carboxylic acids is 1. The molecule has 0 heterocycles. The third-order valence-electron chi connectivity index (χ3n) is 2.50. The quantitative estimate of drug-likeness (QED) is 0.805. The first-order chi connectivity index (χ1) is 8.45. The summed E-state index contributed by atoms with van der Waals surface area (Å²) < 4.78 is 25.9. The van der Waals surface area contributed by atoms with Gasteiger partial charge in [-0.3, -0.25) is 4.79 Å². The molecule has 0 spiro atoms. The zero-order chi connectivity index (χ0) is 13.6. The number of carbonyl (C=O) groups is 1. The maximum Gasteiger partial charge on any atom is 0.241 e. The Hall–Kier alpha value is -1.40. The molecule has 1 amide bonds. The van der Waals surface area contributed by atoms with Crippen molar-refractivity contribution < 1.29 is 13.2 Å². The van der Waals surface area contributed by atoms with Crippen LogP contribution in [0, 0.1) is 0 Å². The maximum absolute atomic E-state index is 11.8. The van der Waals surface area contributed by atoms with Crippen molar-refractivity contribution in [1.82, 2.24) is 10.0 Å². The van der Waals surface area contributed by atoms with Crippen LogP contribution in [0.15, 0.2) is 35.2 Å². The van der Waals surface area contributed by atoms with Crippen LogP contribution >= 0.6 is 0 Å². The fourth-order valence-electron chi connectivity index (χ4n) is 1.27. The second-order valence-corrected chi connectivity index (χ2v) is 5.78. The molecule has 100 valence electrons. The predicted octanol–water partition coefficient (Wildman–Crippen LogP) is 0.880. The lowest BCUT2D eigenvalue weighted by molar-refractivity contribution is -0.120. The largest absolute Gasteiger partial charge is 0.353 e. The summed E-state index contributed by atoms with van der Waals surface area (Å²) in [7, 11) is -3.61. The molecular weight excluding hydrogens is 252 g/mol. The van der Waals surface area contributed by atoms with Crippen molar-refractivity contribution in [3.63, 3.8) is 0 Å². The van der Waals surface area contributed by atoms with Gasteiger partial charge in [0.1, 0.15) is 0 Å². The molecule has 0 radical (unpaired) electrons. The number of benzene rings is 1. The number of sulfonamides is 1. The minimum Gasteiger partial charge on any atom is -0.353 e. The molecule has 0 bridgehead atoms. The first kappa shape index (κ1) is 14.7. The Labute approximate surface area is 108 Å². The molecule has 5 nitrogen and oxygen atoms in total. The van der Waals surface area contributed by atoms with Gasteiger partial charge in [0.05, 0.1) is 11.4 Å². The van der Waals surface area contributed by atoms with Crippen LogP contribution < -0.4 is 10.0 Å². The zero-order valence-corrected chi connectivity index (χ0v) is 11.3. The van der Waals surface area contributed by atoms with Gasteiger partial charge in [0.15, 0.2) is 0 Å². The molecule has 0 saturated carbocycles. The first-order valence-electron chi connectivity index (χ1n) is 5.79. The molecule has 0 fully saturated rings. The summed E-state index contributed by atoms with van der Waals surface area (Å²) in [5, 5.41) is 2.69. The van der Waals surface area contributed by atoms with Gasteiger partial charge in [-0.05, 0) is 25.5 Å². The Morgan fingerprint density at radius 1 is 1.28 bits per heavy atom. The van der Waals surface area contributed by atoms with E-state index in [1.165, 1.54) is 12.1 Å². The van der Waals surface area contributed by atoms with Gasteiger partial charge in [0.25, 0.3) is 0 Å². The number of hydrogen-bond acceptors (Lipinski definition) is 3. The molecule has 0 saturated heterocycles. The van der Waals surface area contributed by atoms with Gasteiger partial charge >= 0.3 is 0 Å². The minimum absolute atomic E-state index is 0.0405. The van der Waals surface area contributed by atoms with E-state index in [9.17, 15) is 13.2 Å². The average molecular weight is 270 g/mol. The van der Waals surface area contributed by atoms with E-state index in [1.54, 1.807) is 18.2 Å². The summed E-state index contributed by atoms with van der Waals surface area (Å²) >= 11 is 0. The lowest BCUT2D eigenvalue weighted by Crippen LogP contribution is -2.40. The topological polar surface area (TPSA) is 75.3 Å². The Morgan fingerprint density at radius 3 is 2.44 bits per heavy atom. The second-order valence-electron chi connectivity index (χ2n) is 4.01. The van der Waals surface area contributed by atoms with E-state index in [-0.39, 0.29) is 23.4 Å². The molecule has 0 aliphatic heterocycles. The average Bonchev–Trinajstić information content (AvgIpc) is 2.37. The van der Waals surface area contributed by atoms with Gasteiger partial charge in [0, 0.05) is 6.04 Å². The fraction of sp³-hybridized carbons (Fsp3) is 0.417. The molecule has 2 N–H and O–H groups in total. The summed E-state index contributed by atoms with van der Waals surface area (Å²) in [4.78, 5) is 11.6. The van der Waals surface area contributed by atoms with Gasteiger partial charge in [-0.15, -0.1) is 0 Å². The van der Waals surface area contributed by atoms with Crippen LogP contribution in [0.3, 0.4) is 0 Å². The van der Waals surface area contributed by atoms with Crippen molar-refractivity contribution in [3.05, 3.63) is 30.3 Å². The smallest absolute Gasteiger partial charge is 0.241 e. The number of amides is 1. The molecule has 0 aromatic heterocycles. The highest BCUT2D eigenvalue weighted by molar-refractivity contribution is 7.89. The lowest BCUT2D eigenvalue weighted by atomic mass is 10.2. The van der Waals surface area contributed by atoms with Crippen LogP contribution in [0.5, 0.6) is 0 Å². The Bertz CT molecular complexity index is 485. The van der Waals surface area contributed by atoms with Crippen molar-refractivity contribution in [3.8, 4) is 0 Å². The summed E-state index contributed by atoms with van der Waals surface area (Å²) in [6, 6.07) is 8.00. The third kappa shape index (κ3) is 4.46. The second kappa shape index (κ2) is 6.51. The number of rotatable bonds is 6. The highest BCUT2D eigenvalue weighted by atomic mass is 32.2. The third-order valence-corrected chi connectivity index (χ3v) is 3.91. The summed E-state index contributed by atoms with van der Waals surface area (Å²) in [6.45, 7) is 3.56. The van der Waals surface area contributed by atoms with E-state index in [4.69, 9.17) is 0 Å². The summed E-state index contributed by atoms with van der Waals surface area (Å²) in [6.07, 6.45) is 0.803. The lowest BCUT2D eigenvalue weighted by Gasteiger charge is -2.12. The van der Waals surface area contributed by atoms with E-state index in [2.05, 4.69) is 10.0 Å². The van der Waals surface area contributed by atoms with Crippen molar-refractivity contribution in [2.75, 3.05) is 6.54 Å². The van der Waals surface area contributed by atoms with E-state index < -0.39 is 10.0 Å². The van der Waals surface area contributed by atoms with Crippen LogP contribution in [0.4, 0.5) is 0 Å². The Kier molecular flexibility index (Phi) is 5.30. The van der Waals surface area contributed by atoms with E-state index in [0.29, 0.717) is 0 Å².